The fourth-order valence-corrected chi connectivity index (χ4v) is 2.74. The van der Waals surface area contributed by atoms with Gasteiger partial charge in [0.15, 0.2) is 0 Å². The lowest BCUT2D eigenvalue weighted by molar-refractivity contribution is 0.0935. The van der Waals surface area contributed by atoms with Crippen molar-refractivity contribution in [3.8, 4) is 0 Å². The highest BCUT2D eigenvalue weighted by molar-refractivity contribution is 6.31. The lowest BCUT2D eigenvalue weighted by atomic mass is 10.1. The predicted molar refractivity (Wildman–Crippen MR) is 92.1 cm³/mol. The predicted octanol–water partition coefficient (Wildman–Crippen LogP) is 2.57. The van der Waals surface area contributed by atoms with Gasteiger partial charge >= 0.3 is 0 Å². The molecule has 2 N–H and O–H groups in total. The Morgan fingerprint density at radius 3 is 2.83 bits per heavy atom. The fourth-order valence-electron chi connectivity index (χ4n) is 2.56. The molecule has 1 unspecified atom stereocenters. The zero-order valence-electron chi connectivity index (χ0n) is 13.3. The molecule has 0 aliphatic heterocycles. The number of fused-ring (bicyclic) bond motifs is 1. The minimum atomic E-state index is -0.399. The van der Waals surface area contributed by atoms with Crippen LogP contribution >= 0.6 is 11.6 Å². The summed E-state index contributed by atoms with van der Waals surface area (Å²) in [5, 5.41) is 12.6. The largest absolute Gasteiger partial charge is 0.396 e. The number of hydrogen-bond acceptors (Lipinski definition) is 3. The highest BCUT2D eigenvalue weighted by Gasteiger charge is 2.17. The number of carbonyl (C=O) groups is 1. The van der Waals surface area contributed by atoms with Crippen molar-refractivity contribution in [2.75, 3.05) is 6.61 Å². The van der Waals surface area contributed by atoms with E-state index in [0.717, 1.165) is 5.52 Å². The van der Waals surface area contributed by atoms with Gasteiger partial charge in [-0.15, -0.1) is 0 Å². The van der Waals surface area contributed by atoms with Gasteiger partial charge in [0.1, 0.15) is 5.56 Å². The Morgan fingerprint density at radius 2 is 2.17 bits per heavy atom. The minimum absolute atomic E-state index is 0.0807. The van der Waals surface area contributed by atoms with Crippen molar-refractivity contribution in [1.29, 1.82) is 0 Å². The SMILES string of the molecule is CCn1cc(C(=O)NC(C)CCCO)c(=O)c2cc(Cl)ccc21. The third kappa shape index (κ3) is 3.92. The van der Waals surface area contributed by atoms with Crippen LogP contribution in [0.5, 0.6) is 0 Å². The second kappa shape index (κ2) is 7.62. The van der Waals surface area contributed by atoms with Crippen LogP contribution in [0.15, 0.2) is 29.2 Å². The first-order valence-corrected chi connectivity index (χ1v) is 8.10. The topological polar surface area (TPSA) is 71.3 Å². The normalized spacial score (nSPS) is 12.3. The van der Waals surface area contributed by atoms with E-state index in [1.54, 1.807) is 24.4 Å². The van der Waals surface area contributed by atoms with Crippen LogP contribution in [0.1, 0.15) is 37.0 Å². The number of amides is 1. The number of halogens is 1. The Balaban J connectivity index is 2.42. The number of benzene rings is 1. The first-order chi connectivity index (χ1) is 11.0. The number of hydrogen-bond donors (Lipinski definition) is 2. The second-order valence-corrected chi connectivity index (χ2v) is 6.00. The molecule has 0 saturated carbocycles. The van der Waals surface area contributed by atoms with E-state index in [0.29, 0.717) is 29.8 Å². The molecule has 1 aromatic heterocycles. The van der Waals surface area contributed by atoms with Crippen LogP contribution in [0.4, 0.5) is 0 Å². The average Bonchev–Trinajstić information content (AvgIpc) is 2.53. The fraction of sp³-hybridized carbons (Fsp3) is 0.412. The van der Waals surface area contributed by atoms with Gasteiger partial charge in [0, 0.05) is 35.8 Å². The molecule has 6 heteroatoms. The van der Waals surface area contributed by atoms with Gasteiger partial charge in [-0.1, -0.05) is 11.6 Å². The van der Waals surface area contributed by atoms with E-state index in [4.69, 9.17) is 16.7 Å². The molecule has 2 aromatic rings. The van der Waals surface area contributed by atoms with Gasteiger partial charge in [-0.05, 0) is 44.9 Å². The standard InChI is InChI=1S/C17H21ClN2O3/c1-3-20-10-14(17(23)19-11(2)5-4-8-21)16(22)13-9-12(18)6-7-15(13)20/h6-7,9-11,21H,3-5,8H2,1-2H3,(H,19,23). The van der Waals surface area contributed by atoms with Gasteiger partial charge in [0.25, 0.3) is 5.91 Å². The van der Waals surface area contributed by atoms with Gasteiger partial charge in [-0.3, -0.25) is 9.59 Å². The van der Waals surface area contributed by atoms with E-state index in [9.17, 15) is 9.59 Å². The maximum atomic E-state index is 12.6. The van der Waals surface area contributed by atoms with E-state index in [-0.39, 0.29) is 23.6 Å². The molecule has 0 saturated heterocycles. The number of aliphatic hydroxyl groups is 1. The summed E-state index contributed by atoms with van der Waals surface area (Å²) in [7, 11) is 0. The van der Waals surface area contributed by atoms with Crippen molar-refractivity contribution in [2.24, 2.45) is 0 Å². The van der Waals surface area contributed by atoms with E-state index >= 15 is 0 Å². The van der Waals surface area contributed by atoms with Crippen molar-refractivity contribution in [3.63, 3.8) is 0 Å². The molecule has 0 spiro atoms. The Hall–Kier alpha value is -1.85. The monoisotopic (exact) mass is 336 g/mol. The molecule has 1 heterocycles. The molecule has 23 heavy (non-hydrogen) atoms. The number of pyridine rings is 1. The number of rotatable bonds is 6. The third-order valence-corrected chi connectivity index (χ3v) is 4.04. The van der Waals surface area contributed by atoms with E-state index in [1.807, 2.05) is 18.4 Å². The maximum absolute atomic E-state index is 12.6. The quantitative estimate of drug-likeness (QED) is 0.851. The van der Waals surface area contributed by atoms with Crippen molar-refractivity contribution in [3.05, 3.63) is 45.2 Å². The van der Waals surface area contributed by atoms with E-state index in [1.165, 1.54) is 0 Å². The van der Waals surface area contributed by atoms with Crippen molar-refractivity contribution in [1.82, 2.24) is 9.88 Å². The van der Waals surface area contributed by atoms with Crippen LogP contribution in [0.25, 0.3) is 10.9 Å². The van der Waals surface area contributed by atoms with Crippen molar-refractivity contribution >= 4 is 28.4 Å². The van der Waals surface area contributed by atoms with Gasteiger partial charge in [-0.2, -0.15) is 0 Å². The van der Waals surface area contributed by atoms with Crippen LogP contribution in [-0.2, 0) is 6.54 Å². The number of carbonyl (C=O) groups excluding carboxylic acids is 1. The number of aryl methyl sites for hydroxylation is 1. The van der Waals surface area contributed by atoms with Crippen LogP contribution in [0, 0.1) is 0 Å². The zero-order chi connectivity index (χ0) is 17.0. The van der Waals surface area contributed by atoms with Crippen molar-refractivity contribution in [2.45, 2.75) is 39.3 Å². The Kier molecular flexibility index (Phi) is 5.80. The summed E-state index contributed by atoms with van der Waals surface area (Å²) in [6.45, 7) is 4.52. The molecule has 1 atom stereocenters. The van der Waals surface area contributed by atoms with Crippen LogP contribution < -0.4 is 10.7 Å². The lowest BCUT2D eigenvalue weighted by Crippen LogP contribution is -2.36. The number of nitrogens with one attached hydrogen (secondary N) is 1. The summed E-state index contributed by atoms with van der Waals surface area (Å²) in [5.41, 5.74) is 0.545. The molecular formula is C17H21ClN2O3. The highest BCUT2D eigenvalue weighted by Crippen LogP contribution is 2.17. The molecule has 5 nitrogen and oxygen atoms in total. The number of aliphatic hydroxyl groups excluding tert-OH is 1. The van der Waals surface area contributed by atoms with Crippen LogP contribution in [0.3, 0.4) is 0 Å². The number of aromatic nitrogens is 1. The van der Waals surface area contributed by atoms with Gasteiger partial charge in [0.05, 0.1) is 5.52 Å². The first-order valence-electron chi connectivity index (χ1n) is 7.72. The molecule has 0 aliphatic rings. The molecule has 124 valence electrons. The first kappa shape index (κ1) is 17.5. The minimum Gasteiger partial charge on any atom is -0.396 e. The molecule has 0 fully saturated rings. The highest BCUT2D eigenvalue weighted by atomic mass is 35.5. The van der Waals surface area contributed by atoms with E-state index in [2.05, 4.69) is 5.32 Å². The maximum Gasteiger partial charge on any atom is 0.256 e. The molecule has 0 radical (unpaired) electrons. The van der Waals surface area contributed by atoms with Crippen LogP contribution in [0.2, 0.25) is 5.02 Å². The summed E-state index contributed by atoms with van der Waals surface area (Å²) >= 11 is 5.99. The van der Waals surface area contributed by atoms with Crippen molar-refractivity contribution < 1.29 is 9.90 Å². The lowest BCUT2D eigenvalue weighted by Gasteiger charge is -2.15. The Bertz CT molecular complexity index is 770. The average molecular weight is 337 g/mol. The molecule has 1 amide bonds. The summed E-state index contributed by atoms with van der Waals surface area (Å²) in [6.07, 6.45) is 2.85. The summed E-state index contributed by atoms with van der Waals surface area (Å²) < 4.78 is 1.86. The Labute approximate surface area is 139 Å². The van der Waals surface area contributed by atoms with E-state index < -0.39 is 5.91 Å². The summed E-state index contributed by atoms with van der Waals surface area (Å²) in [4.78, 5) is 25.0. The second-order valence-electron chi connectivity index (χ2n) is 5.56. The molecule has 0 bridgehead atoms. The third-order valence-electron chi connectivity index (χ3n) is 3.80. The van der Waals surface area contributed by atoms with Gasteiger partial charge in [0.2, 0.25) is 5.43 Å². The molecule has 0 aliphatic carbocycles. The summed E-state index contributed by atoms with van der Waals surface area (Å²) in [5.74, 6) is -0.399. The Morgan fingerprint density at radius 1 is 1.43 bits per heavy atom. The van der Waals surface area contributed by atoms with Gasteiger partial charge in [-0.25, -0.2) is 0 Å². The molecule has 1 aromatic carbocycles. The molecule has 2 rings (SSSR count). The zero-order valence-corrected chi connectivity index (χ0v) is 14.1. The van der Waals surface area contributed by atoms with Crippen LogP contribution in [-0.4, -0.2) is 28.2 Å². The molecular weight excluding hydrogens is 316 g/mol. The van der Waals surface area contributed by atoms with Gasteiger partial charge < -0.3 is 15.0 Å². The number of nitrogens with zero attached hydrogens (tertiary/aromatic N) is 1. The summed E-state index contributed by atoms with van der Waals surface area (Å²) in [6, 6.07) is 5.00. The smallest absolute Gasteiger partial charge is 0.256 e.